The fourth-order valence-electron chi connectivity index (χ4n) is 5.56. The van der Waals surface area contributed by atoms with E-state index in [4.69, 9.17) is 0 Å². The van der Waals surface area contributed by atoms with Gasteiger partial charge in [0.15, 0.2) is 0 Å². The van der Waals surface area contributed by atoms with Crippen molar-refractivity contribution in [3.8, 4) is 0 Å². The summed E-state index contributed by atoms with van der Waals surface area (Å²) in [5, 5.41) is 9.99. The average Bonchev–Trinajstić information content (AvgIpc) is 2.96. The highest BCUT2D eigenvalue weighted by molar-refractivity contribution is 5.38. The molecule has 1 N–H and O–H groups in total. The SMILES string of the molecule is C=C1CC[C@H](O)C/C1=C/C=C1\CCC[C@]2(C)C(CCCCC(C)C)=CC[C@@H]12. The van der Waals surface area contributed by atoms with Crippen LogP contribution in [0, 0.1) is 17.3 Å². The fourth-order valence-corrected chi connectivity index (χ4v) is 5.56. The van der Waals surface area contributed by atoms with E-state index in [1.54, 1.807) is 11.1 Å². The molecule has 1 heteroatoms. The van der Waals surface area contributed by atoms with Crippen LogP contribution in [0.1, 0.15) is 91.4 Å². The van der Waals surface area contributed by atoms with E-state index in [1.807, 2.05) is 0 Å². The van der Waals surface area contributed by atoms with Gasteiger partial charge in [-0.15, -0.1) is 0 Å². The molecule has 3 aliphatic carbocycles. The fraction of sp³-hybridized carbons (Fsp3) is 0.692. The highest BCUT2D eigenvalue weighted by Crippen LogP contribution is 2.55. The van der Waals surface area contributed by atoms with Crippen molar-refractivity contribution in [2.24, 2.45) is 17.3 Å². The van der Waals surface area contributed by atoms with E-state index in [-0.39, 0.29) is 6.10 Å². The summed E-state index contributed by atoms with van der Waals surface area (Å²) in [4.78, 5) is 0. The Morgan fingerprint density at radius 3 is 2.85 bits per heavy atom. The quantitative estimate of drug-likeness (QED) is 0.385. The van der Waals surface area contributed by atoms with Crippen molar-refractivity contribution in [2.45, 2.75) is 97.5 Å². The monoisotopic (exact) mass is 368 g/mol. The summed E-state index contributed by atoms with van der Waals surface area (Å²) in [6, 6.07) is 0. The van der Waals surface area contributed by atoms with Crippen molar-refractivity contribution >= 4 is 0 Å². The lowest BCUT2D eigenvalue weighted by molar-refractivity contribution is 0.158. The lowest BCUT2D eigenvalue weighted by Gasteiger charge is -2.41. The van der Waals surface area contributed by atoms with Crippen molar-refractivity contribution in [3.05, 3.63) is 47.1 Å². The molecule has 150 valence electrons. The van der Waals surface area contributed by atoms with Crippen LogP contribution in [0.15, 0.2) is 47.1 Å². The predicted octanol–water partition coefficient (Wildman–Crippen LogP) is 7.29. The molecule has 0 aromatic heterocycles. The number of allylic oxidation sites excluding steroid dienone is 6. The number of hydrogen-bond acceptors (Lipinski definition) is 1. The van der Waals surface area contributed by atoms with Crippen LogP contribution in [0.5, 0.6) is 0 Å². The maximum Gasteiger partial charge on any atom is 0.0583 e. The van der Waals surface area contributed by atoms with E-state index in [0.29, 0.717) is 11.3 Å². The number of aliphatic hydroxyl groups is 1. The molecule has 3 aliphatic rings. The molecule has 0 aliphatic heterocycles. The number of unbranched alkanes of at least 4 members (excludes halogenated alkanes) is 1. The lowest BCUT2D eigenvalue weighted by Crippen LogP contribution is -2.30. The third-order valence-corrected chi connectivity index (χ3v) is 7.38. The molecule has 0 unspecified atom stereocenters. The second kappa shape index (κ2) is 8.95. The molecule has 0 bridgehead atoms. The van der Waals surface area contributed by atoms with E-state index < -0.39 is 0 Å². The summed E-state index contributed by atoms with van der Waals surface area (Å²) in [6.07, 6.45) is 20.2. The normalized spacial score (nSPS) is 34.4. The molecule has 0 aromatic rings. The first-order chi connectivity index (χ1) is 12.9. The highest BCUT2D eigenvalue weighted by Gasteiger charge is 2.44. The van der Waals surface area contributed by atoms with E-state index in [9.17, 15) is 5.11 Å². The summed E-state index contributed by atoms with van der Waals surface area (Å²) in [5.41, 5.74) is 6.27. The van der Waals surface area contributed by atoms with Crippen LogP contribution in [0.3, 0.4) is 0 Å². The topological polar surface area (TPSA) is 20.2 Å². The second-order valence-electron chi connectivity index (χ2n) is 9.86. The summed E-state index contributed by atoms with van der Waals surface area (Å²) < 4.78 is 0. The maximum absolute atomic E-state index is 9.99. The van der Waals surface area contributed by atoms with Crippen LogP contribution in [0.4, 0.5) is 0 Å². The smallest absolute Gasteiger partial charge is 0.0583 e. The average molecular weight is 369 g/mol. The first-order valence-corrected chi connectivity index (χ1v) is 11.4. The summed E-state index contributed by atoms with van der Waals surface area (Å²) in [6.45, 7) is 11.4. The Bertz CT molecular complexity index is 633. The molecule has 2 fully saturated rings. The maximum atomic E-state index is 9.99. The Morgan fingerprint density at radius 1 is 1.26 bits per heavy atom. The van der Waals surface area contributed by atoms with Crippen LogP contribution >= 0.6 is 0 Å². The Morgan fingerprint density at radius 2 is 2.07 bits per heavy atom. The molecule has 3 atom stereocenters. The molecular weight excluding hydrogens is 328 g/mol. The van der Waals surface area contributed by atoms with Crippen molar-refractivity contribution in [3.63, 3.8) is 0 Å². The van der Waals surface area contributed by atoms with E-state index >= 15 is 0 Å². The standard InChI is InChI=1S/C26H40O/c1-19(2)8-5-6-10-23-14-16-25-21(9-7-17-26(23,25)4)12-13-22-18-24(27)15-11-20(22)3/h12-14,19,24-25,27H,3,5-11,15-18H2,1-2,4H3/b21-12+,22-13-/t24-,25-,26+/m0/s1. The lowest BCUT2D eigenvalue weighted by atomic mass is 9.63. The molecule has 27 heavy (non-hydrogen) atoms. The van der Waals surface area contributed by atoms with E-state index in [2.05, 4.69) is 45.6 Å². The van der Waals surface area contributed by atoms with Crippen molar-refractivity contribution in [2.75, 3.05) is 0 Å². The third kappa shape index (κ3) is 4.86. The van der Waals surface area contributed by atoms with Crippen molar-refractivity contribution in [1.82, 2.24) is 0 Å². The van der Waals surface area contributed by atoms with Gasteiger partial charge in [-0.05, 0) is 80.6 Å². The molecule has 0 saturated heterocycles. The Balaban J connectivity index is 1.66. The van der Waals surface area contributed by atoms with Gasteiger partial charge >= 0.3 is 0 Å². The van der Waals surface area contributed by atoms with Gasteiger partial charge in [-0.1, -0.05) is 75.1 Å². The van der Waals surface area contributed by atoms with E-state index in [0.717, 1.165) is 25.2 Å². The third-order valence-electron chi connectivity index (χ3n) is 7.38. The number of aliphatic hydroxyl groups excluding tert-OH is 1. The largest absolute Gasteiger partial charge is 0.393 e. The first-order valence-electron chi connectivity index (χ1n) is 11.4. The summed E-state index contributed by atoms with van der Waals surface area (Å²) in [5.74, 6) is 1.53. The van der Waals surface area contributed by atoms with Gasteiger partial charge < -0.3 is 5.11 Å². The van der Waals surface area contributed by atoms with Gasteiger partial charge in [0.05, 0.1) is 6.10 Å². The summed E-state index contributed by atoms with van der Waals surface area (Å²) >= 11 is 0. The van der Waals surface area contributed by atoms with Gasteiger partial charge in [0.2, 0.25) is 0 Å². The van der Waals surface area contributed by atoms with Crippen LogP contribution in [0.25, 0.3) is 0 Å². The zero-order chi connectivity index (χ0) is 19.4. The van der Waals surface area contributed by atoms with Crippen LogP contribution in [-0.4, -0.2) is 11.2 Å². The van der Waals surface area contributed by atoms with Crippen molar-refractivity contribution < 1.29 is 5.11 Å². The Kier molecular flexibility index (Phi) is 6.84. The minimum atomic E-state index is -0.178. The Labute approximate surface area is 167 Å². The van der Waals surface area contributed by atoms with E-state index in [1.165, 1.54) is 62.5 Å². The molecule has 1 nitrogen and oxygen atoms in total. The molecule has 0 heterocycles. The second-order valence-corrected chi connectivity index (χ2v) is 9.86. The van der Waals surface area contributed by atoms with Gasteiger partial charge in [-0.3, -0.25) is 0 Å². The van der Waals surface area contributed by atoms with Crippen LogP contribution in [0.2, 0.25) is 0 Å². The zero-order valence-electron chi connectivity index (χ0n) is 17.9. The van der Waals surface area contributed by atoms with Gasteiger partial charge in [0, 0.05) is 0 Å². The first kappa shape index (κ1) is 20.6. The number of fused-ring (bicyclic) bond motifs is 1. The molecule has 0 amide bonds. The molecular formula is C26H40O. The molecule has 0 aromatic carbocycles. The van der Waals surface area contributed by atoms with Gasteiger partial charge in [-0.2, -0.15) is 0 Å². The van der Waals surface area contributed by atoms with Gasteiger partial charge in [0.1, 0.15) is 0 Å². The van der Waals surface area contributed by atoms with Crippen LogP contribution < -0.4 is 0 Å². The highest BCUT2D eigenvalue weighted by atomic mass is 16.3. The van der Waals surface area contributed by atoms with Crippen LogP contribution in [-0.2, 0) is 0 Å². The molecule has 2 saturated carbocycles. The minimum Gasteiger partial charge on any atom is -0.393 e. The Hall–Kier alpha value is -1.08. The van der Waals surface area contributed by atoms with Crippen molar-refractivity contribution in [1.29, 1.82) is 0 Å². The number of hydrogen-bond donors (Lipinski definition) is 1. The zero-order valence-corrected chi connectivity index (χ0v) is 17.9. The minimum absolute atomic E-state index is 0.178. The van der Waals surface area contributed by atoms with Gasteiger partial charge in [0.25, 0.3) is 0 Å². The van der Waals surface area contributed by atoms with Gasteiger partial charge in [-0.25, -0.2) is 0 Å². The molecule has 0 spiro atoms. The molecule has 0 radical (unpaired) electrons. The molecule has 3 rings (SSSR count). The summed E-state index contributed by atoms with van der Waals surface area (Å²) in [7, 11) is 0. The number of rotatable bonds is 6. The predicted molar refractivity (Wildman–Crippen MR) is 117 cm³/mol.